The maximum absolute atomic E-state index is 13.1. The van der Waals surface area contributed by atoms with Crippen LogP contribution in [0.15, 0.2) is 150 Å². The number of halogens is 7. The molecule has 8 aliphatic carbocycles. The van der Waals surface area contributed by atoms with Gasteiger partial charge in [-0.3, -0.25) is 33.6 Å². The Morgan fingerprint density at radius 3 is 1.07 bits per heavy atom. The second kappa shape index (κ2) is 46.3. The maximum atomic E-state index is 13.1. The topological polar surface area (TPSA) is 316 Å². The fourth-order valence-corrected chi connectivity index (χ4v) is 25.7. The van der Waals surface area contributed by atoms with Gasteiger partial charge < -0.3 is 88.6 Å². The minimum absolute atomic E-state index is 0.0121. The highest BCUT2D eigenvalue weighted by molar-refractivity contribution is 9.10. The van der Waals surface area contributed by atoms with E-state index >= 15 is 0 Å². The number of piperidine rings is 7. The van der Waals surface area contributed by atoms with Gasteiger partial charge in [-0.05, 0) is 429 Å². The monoisotopic (exact) mass is 2160 g/mol. The molecule has 15 fully saturated rings. The zero-order chi connectivity index (χ0) is 107. The zero-order valence-electron chi connectivity index (χ0n) is 89.8. The van der Waals surface area contributed by atoms with Gasteiger partial charge in [0.15, 0.2) is 0 Å². The second-order valence-corrected chi connectivity index (χ2v) is 51.1. The van der Waals surface area contributed by atoms with E-state index in [9.17, 15) is 51.1 Å². The first-order chi connectivity index (χ1) is 70.5. The van der Waals surface area contributed by atoms with Gasteiger partial charge in [0.2, 0.25) is 41.4 Å². The molecule has 31 heteroatoms. The van der Waals surface area contributed by atoms with E-state index in [1.54, 1.807) is 26.0 Å². The summed E-state index contributed by atoms with van der Waals surface area (Å²) in [7, 11) is 0. The number of ether oxygens (including phenoxy) is 3. The normalized spacial score (nSPS) is 27.9. The van der Waals surface area contributed by atoms with Crippen LogP contribution in [0, 0.1) is 157 Å². The van der Waals surface area contributed by atoms with Gasteiger partial charge in [0.25, 0.3) is 0 Å². The van der Waals surface area contributed by atoms with Crippen LogP contribution >= 0.6 is 39.1 Å². The van der Waals surface area contributed by atoms with Crippen LogP contribution in [0.5, 0.6) is 17.2 Å². The largest absolute Gasteiger partial charge is 0.491 e. The summed E-state index contributed by atoms with van der Waals surface area (Å²) in [5.41, 5.74) is 3.44. The molecule has 7 aromatic carbocycles. The van der Waals surface area contributed by atoms with Gasteiger partial charge in [0.05, 0.1) is 37.8 Å². The molecule has 7 saturated heterocycles. The molecule has 15 aliphatic rings. The zero-order valence-corrected chi connectivity index (χ0v) is 92.9. The third-order valence-electron chi connectivity index (χ3n) is 33.9. The Morgan fingerprint density at radius 1 is 0.342 bits per heavy atom. The van der Waals surface area contributed by atoms with Crippen LogP contribution in [0.2, 0.25) is 10.0 Å². The van der Waals surface area contributed by atoms with Crippen LogP contribution in [0.3, 0.4) is 0 Å². The van der Waals surface area contributed by atoms with Crippen molar-refractivity contribution in [2.24, 2.45) is 130 Å². The molecule has 7 heterocycles. The standard InChI is InChI=1S/C20H24N2O.C17H23BrN2O2.C17H21F3N2O2.C17H23FN2O2.C17H24N2O.C15H18Cl2N2O.C15H26N2O/c1-20(2,22-19(23)18-16-11-21-12-17(16)18)10-14-8-5-7-13-6-3-4-9-15(13)14;1-10-6-11(18)4-5-14(10)22-9-17(2,3)20-16(21)15-12-7-19-8-13(12)15;1-16(2,22-15(23)14-10-7-21-8-11(10)14)9-24-13-6-4-3-5-12(13)17(18,19)20;1-10-6-11(18)4-5-14(10)22-9-17(2,3)20-16(21)15-12-7-19-8-13(12)15;1-11-6-4-5-7-12(11)8-17(2,3)19-16(20)15-13-9-18-10-14(13)15;1-15(2,8-3-4-11(16)12(17)5-8)19-14(20)13-9-6-18-7-10(9)13;1-15(2,10-6-4-3-5-7-10)17-14(18)13-11-8-16-9-12(11)13/h3-9,16-18,21H,10-12H2,1-2H3,(H,22,23);4-6,12-13,15,19H,7-9H2,1-3H3,(H,20,21);3-6,10-11,14,21H,7-9H2,1-2H3,(H,22,23);4-6,12-13,15,19H,7-9H2,1-3H3,(H,20,21);4-7,13-15,18H,8-10H2,1-3H3,(H,19,20);3-5,9-10,13,18H,6-7H2,1-2H3,(H,19,20);10-13,16H,3-9H2,1-2H3,(H,17,18)/t16-,17+,18?;12-,13+,15?;10-,11+,14?;12-,13+,15?;13-,14+,15?;9-,10+,13?;11-,12+,13?. The number of fused-ring (bicyclic) bond motifs is 8. The number of rotatable bonds is 29. The lowest BCUT2D eigenvalue weighted by Crippen LogP contribution is -2.50. The van der Waals surface area contributed by atoms with Crippen LogP contribution in [0.25, 0.3) is 10.8 Å². The van der Waals surface area contributed by atoms with Crippen molar-refractivity contribution in [3.63, 3.8) is 0 Å². The van der Waals surface area contributed by atoms with E-state index < -0.39 is 28.4 Å². The van der Waals surface area contributed by atoms with Gasteiger partial charge in [0, 0.05) is 62.5 Å². The molecule has 7 amide bonds. The summed E-state index contributed by atoms with van der Waals surface area (Å²) in [6.45, 7) is 48.7. The molecule has 810 valence electrons. The quantitative estimate of drug-likeness (QED) is 0.0194. The number of para-hydroxylation sites is 1. The van der Waals surface area contributed by atoms with Crippen LogP contribution in [-0.4, -0.2) is 186 Å². The Bertz CT molecular complexity index is 5780. The first-order valence-corrected chi connectivity index (χ1v) is 55.7. The van der Waals surface area contributed by atoms with E-state index in [1.807, 2.05) is 85.7 Å². The average molecular weight is 2160 g/mol. The number of hydrogen-bond acceptors (Lipinski definition) is 17. The number of alkyl halides is 3. The SMILES string of the molecule is CC(C)(COc1ccccc1C(F)(F)F)NC(=O)C1[C@H]2CNC[C@@H]12.CC(C)(Cc1cccc2ccccc12)NC(=O)C1[C@H]2CNC[C@@H]12.CC(C)(NC(=O)C1[C@H]2CNC[C@@H]12)C1CCCCC1.CC(C)(NC(=O)C1[C@H]2CNC[C@@H]12)c1ccc(Cl)c(Cl)c1.Cc1cc(Br)ccc1OCC(C)(C)NC(=O)C1[C@H]2CNC[C@@H]12.Cc1cc(F)ccc1OCC(C)(C)NC(=O)C1[C@H]2CNC[C@@H]12.Cc1ccccc1CC(C)(C)NC(=O)C1[C@H]2CNC[C@@H]12. The van der Waals surface area contributed by atoms with E-state index in [2.05, 4.69) is 206 Å². The van der Waals surface area contributed by atoms with Crippen molar-refractivity contribution in [3.05, 3.63) is 205 Å². The minimum Gasteiger partial charge on any atom is -0.491 e. The number of aryl methyl sites for hydroxylation is 3. The summed E-state index contributed by atoms with van der Waals surface area (Å²) in [5.74, 6) is 11.8. The van der Waals surface area contributed by atoms with Gasteiger partial charge in [0.1, 0.15) is 42.9 Å². The molecule has 14 N–H and O–H groups in total. The average Bonchev–Trinajstić information content (AvgIpc) is 1.58. The van der Waals surface area contributed by atoms with Crippen LogP contribution in [0.4, 0.5) is 17.6 Å². The van der Waals surface area contributed by atoms with Gasteiger partial charge in [-0.15, -0.1) is 0 Å². The van der Waals surface area contributed by atoms with Gasteiger partial charge in [-0.1, -0.05) is 143 Å². The number of hydrogen-bond donors (Lipinski definition) is 14. The summed E-state index contributed by atoms with van der Waals surface area (Å²) in [4.78, 5) is 86.6. The Hall–Kier alpha value is -9.01. The predicted molar refractivity (Wildman–Crippen MR) is 581 cm³/mol. The molecule has 7 unspecified atom stereocenters. The van der Waals surface area contributed by atoms with E-state index in [0.29, 0.717) is 130 Å². The summed E-state index contributed by atoms with van der Waals surface area (Å²) in [5, 5.41) is 48.9. The molecule has 7 aromatic rings. The molecule has 24 nitrogen and oxygen atoms in total. The fraction of sp³-hybridized carbons (Fsp3) is 0.602. The highest BCUT2D eigenvalue weighted by Crippen LogP contribution is 2.55. The Balaban J connectivity index is 0.000000124. The van der Waals surface area contributed by atoms with Gasteiger partial charge >= 0.3 is 6.18 Å². The maximum Gasteiger partial charge on any atom is 0.419 e. The summed E-state index contributed by atoms with van der Waals surface area (Å²) >= 11 is 15.4. The number of carbonyl (C=O) groups is 7. The van der Waals surface area contributed by atoms with Crippen LogP contribution in [0.1, 0.15) is 168 Å². The number of amides is 7. The summed E-state index contributed by atoms with van der Waals surface area (Å²) in [6, 6.07) is 44.3. The number of benzene rings is 7. The molecular formula is C118H159BrCl2F4N14O10. The Kier molecular flexibility index (Phi) is 35.0. The predicted octanol–water partition coefficient (Wildman–Crippen LogP) is 16.2. The lowest BCUT2D eigenvalue weighted by molar-refractivity contribution is -0.139. The molecule has 0 aromatic heterocycles. The van der Waals surface area contributed by atoms with Crippen LogP contribution in [-0.2, 0) is 58.1 Å². The fourth-order valence-electron chi connectivity index (χ4n) is 25.0. The van der Waals surface area contributed by atoms with Crippen molar-refractivity contribution >= 4 is 91.3 Å². The molecule has 0 spiro atoms. The van der Waals surface area contributed by atoms with E-state index in [0.717, 1.165) is 137 Å². The smallest absolute Gasteiger partial charge is 0.419 e. The first kappa shape index (κ1) is 113. The summed E-state index contributed by atoms with van der Waals surface area (Å²) < 4.78 is 70.1. The van der Waals surface area contributed by atoms with E-state index in [1.165, 1.54) is 89.9 Å². The highest BCUT2D eigenvalue weighted by Gasteiger charge is 2.63. The van der Waals surface area contributed by atoms with Gasteiger partial charge in [-0.25, -0.2) is 4.39 Å². The summed E-state index contributed by atoms with van der Waals surface area (Å²) in [6.07, 6.45) is 3.87. The van der Waals surface area contributed by atoms with Crippen molar-refractivity contribution in [1.29, 1.82) is 0 Å². The Morgan fingerprint density at radius 2 is 0.678 bits per heavy atom. The number of nitrogens with one attached hydrogen (secondary N) is 14. The van der Waals surface area contributed by atoms with Crippen molar-refractivity contribution in [2.75, 3.05) is 111 Å². The minimum atomic E-state index is -4.47. The molecule has 8 saturated carbocycles. The van der Waals surface area contributed by atoms with Crippen molar-refractivity contribution in [2.45, 2.75) is 208 Å². The van der Waals surface area contributed by atoms with Crippen molar-refractivity contribution in [1.82, 2.24) is 74.4 Å². The third-order valence-corrected chi connectivity index (χ3v) is 35.1. The third kappa shape index (κ3) is 28.6. The van der Waals surface area contributed by atoms with E-state index in [-0.39, 0.29) is 111 Å². The van der Waals surface area contributed by atoms with Gasteiger partial charge in [-0.2, -0.15) is 13.2 Å². The van der Waals surface area contributed by atoms with Crippen LogP contribution < -0.4 is 88.6 Å². The van der Waals surface area contributed by atoms with Crippen molar-refractivity contribution < 1.29 is 65.3 Å². The molecule has 149 heavy (non-hydrogen) atoms. The molecule has 0 bridgehead atoms. The van der Waals surface area contributed by atoms with Crippen molar-refractivity contribution in [3.8, 4) is 17.2 Å². The van der Waals surface area contributed by atoms with E-state index in [4.69, 9.17) is 37.4 Å². The lowest BCUT2D eigenvalue weighted by atomic mass is 9.76. The lowest BCUT2D eigenvalue weighted by Gasteiger charge is -2.38. The molecule has 7 aliphatic heterocycles. The molecule has 22 rings (SSSR count). The first-order valence-electron chi connectivity index (χ1n) is 54.2. The Labute approximate surface area is 896 Å². The number of carbonyl (C=O) groups excluding carboxylic acids is 7. The highest BCUT2D eigenvalue weighted by atomic mass is 79.9. The molecule has 21 atom stereocenters. The molecule has 0 radical (unpaired) electrons. The second-order valence-electron chi connectivity index (χ2n) is 49.3. The molecular weight excluding hydrogens is 2000 g/mol.